The Bertz CT molecular complexity index is 1160. The van der Waals surface area contributed by atoms with Crippen molar-refractivity contribution in [3.05, 3.63) is 68.5 Å². The first-order chi connectivity index (χ1) is 15.2. The highest BCUT2D eigenvalue weighted by molar-refractivity contribution is 9.10. The maximum Gasteiger partial charge on any atom is 0.264 e. The molecule has 1 amide bonds. The number of fused-ring (bicyclic) bond motifs is 1. The molecule has 0 aromatic heterocycles. The molecular formula is C26H28BrN3OS. The van der Waals surface area contributed by atoms with Gasteiger partial charge in [-0.25, -0.2) is 4.99 Å². The minimum absolute atomic E-state index is 0.0148. The summed E-state index contributed by atoms with van der Waals surface area (Å²) in [5.41, 5.74) is 6.81. The quantitative estimate of drug-likeness (QED) is 0.448. The topological polar surface area (TPSA) is 44.7 Å². The predicted molar refractivity (Wildman–Crippen MR) is 141 cm³/mol. The minimum Gasteiger partial charge on any atom is -0.362 e. The number of allylic oxidation sites excluding steroid dienone is 1. The maximum absolute atomic E-state index is 12.6. The van der Waals surface area contributed by atoms with Crippen LogP contribution >= 0.6 is 27.7 Å². The molecule has 1 saturated heterocycles. The molecule has 2 aromatic rings. The van der Waals surface area contributed by atoms with Crippen LogP contribution in [0.3, 0.4) is 0 Å². The van der Waals surface area contributed by atoms with Gasteiger partial charge in [-0.15, -0.1) is 0 Å². The number of thioether (sulfide) groups is 1. The van der Waals surface area contributed by atoms with E-state index in [2.05, 4.69) is 84.0 Å². The number of amides is 1. The van der Waals surface area contributed by atoms with E-state index in [4.69, 9.17) is 0 Å². The summed E-state index contributed by atoms with van der Waals surface area (Å²) < 4.78 is 0.998. The molecule has 2 aliphatic heterocycles. The highest BCUT2D eigenvalue weighted by Gasteiger charge is 2.31. The molecule has 4 rings (SSSR count). The summed E-state index contributed by atoms with van der Waals surface area (Å²) >= 11 is 4.81. The van der Waals surface area contributed by atoms with Crippen molar-refractivity contribution in [1.82, 2.24) is 5.32 Å². The lowest BCUT2D eigenvalue weighted by Crippen LogP contribution is -2.45. The van der Waals surface area contributed by atoms with Crippen molar-refractivity contribution in [1.29, 1.82) is 0 Å². The average Bonchev–Trinajstić information content (AvgIpc) is 3.06. The predicted octanol–water partition coefficient (Wildman–Crippen LogP) is 7.06. The van der Waals surface area contributed by atoms with E-state index in [-0.39, 0.29) is 11.4 Å². The SMILES string of the molecule is CCCN1c2cc(C)c(/C=C3/SC(=Nc4ccc(Br)cc4)NC3=O)cc2C(C)=CC1(C)C. The van der Waals surface area contributed by atoms with Gasteiger partial charge < -0.3 is 10.2 Å². The number of halogens is 1. The Morgan fingerprint density at radius 3 is 2.59 bits per heavy atom. The number of aryl methyl sites for hydroxylation is 1. The van der Waals surface area contributed by atoms with Crippen LogP contribution in [-0.2, 0) is 4.79 Å². The molecule has 1 N–H and O–H groups in total. The van der Waals surface area contributed by atoms with Crippen LogP contribution in [0.15, 0.2) is 56.8 Å². The molecular weight excluding hydrogens is 482 g/mol. The fourth-order valence-electron chi connectivity index (χ4n) is 4.29. The van der Waals surface area contributed by atoms with Crippen LogP contribution in [0.1, 0.15) is 50.8 Å². The molecule has 166 valence electrons. The first-order valence-corrected chi connectivity index (χ1v) is 12.5. The minimum atomic E-state index is -0.107. The Labute approximate surface area is 203 Å². The van der Waals surface area contributed by atoms with Gasteiger partial charge in [0.15, 0.2) is 5.17 Å². The number of carbonyl (C=O) groups excluding carboxylic acids is 1. The number of nitrogens with one attached hydrogen (secondary N) is 1. The summed E-state index contributed by atoms with van der Waals surface area (Å²) in [5, 5.41) is 3.49. The number of rotatable bonds is 4. The van der Waals surface area contributed by atoms with Crippen LogP contribution in [-0.4, -0.2) is 23.2 Å². The van der Waals surface area contributed by atoms with Gasteiger partial charge in [0.25, 0.3) is 5.91 Å². The van der Waals surface area contributed by atoms with E-state index in [1.165, 1.54) is 28.6 Å². The van der Waals surface area contributed by atoms with Crippen molar-refractivity contribution in [2.24, 2.45) is 4.99 Å². The molecule has 2 heterocycles. The Morgan fingerprint density at radius 2 is 1.91 bits per heavy atom. The third kappa shape index (κ3) is 4.57. The van der Waals surface area contributed by atoms with Crippen LogP contribution in [0.2, 0.25) is 0 Å². The fraction of sp³-hybridized carbons (Fsp3) is 0.308. The summed E-state index contributed by atoms with van der Waals surface area (Å²) in [7, 11) is 0. The number of amidine groups is 1. The summed E-state index contributed by atoms with van der Waals surface area (Å²) in [5.74, 6) is -0.107. The zero-order valence-corrected chi connectivity index (χ0v) is 21.5. The van der Waals surface area contributed by atoms with Crippen LogP contribution in [0.25, 0.3) is 11.6 Å². The van der Waals surface area contributed by atoms with E-state index in [0.29, 0.717) is 10.1 Å². The van der Waals surface area contributed by atoms with Crippen molar-refractivity contribution in [2.75, 3.05) is 11.4 Å². The van der Waals surface area contributed by atoms with Gasteiger partial charge in [0.1, 0.15) is 0 Å². The average molecular weight is 511 g/mol. The van der Waals surface area contributed by atoms with Gasteiger partial charge in [0, 0.05) is 22.3 Å². The summed E-state index contributed by atoms with van der Waals surface area (Å²) in [6.07, 6.45) is 5.42. The zero-order chi connectivity index (χ0) is 23.0. The molecule has 0 atom stereocenters. The van der Waals surface area contributed by atoms with E-state index in [1.807, 2.05) is 30.3 Å². The fourth-order valence-corrected chi connectivity index (χ4v) is 5.38. The van der Waals surface area contributed by atoms with Crippen molar-refractivity contribution in [3.8, 4) is 0 Å². The van der Waals surface area contributed by atoms with E-state index in [1.54, 1.807) is 0 Å². The standard InChI is InChI=1S/C26H28BrN3OS/c1-6-11-30-22-12-16(2)18(13-21(22)17(3)15-26(30,4)5)14-23-24(31)29-25(32-23)28-20-9-7-19(27)8-10-20/h7-10,12-15H,6,11H2,1-5H3,(H,28,29,31)/b23-14+. The maximum atomic E-state index is 12.6. The highest BCUT2D eigenvalue weighted by Crippen LogP contribution is 2.41. The lowest BCUT2D eigenvalue weighted by Gasteiger charge is -2.43. The van der Waals surface area contributed by atoms with Gasteiger partial charge in [-0.2, -0.15) is 0 Å². The number of carbonyl (C=O) groups is 1. The number of hydrogen-bond acceptors (Lipinski definition) is 4. The van der Waals surface area contributed by atoms with Crippen molar-refractivity contribution in [3.63, 3.8) is 0 Å². The van der Waals surface area contributed by atoms with Gasteiger partial charge in [-0.3, -0.25) is 4.79 Å². The number of aliphatic imine (C=N–C) groups is 1. The third-order valence-electron chi connectivity index (χ3n) is 5.81. The Kier molecular flexibility index (Phi) is 6.37. The molecule has 4 nitrogen and oxygen atoms in total. The van der Waals surface area contributed by atoms with Crippen molar-refractivity contribution in [2.45, 2.75) is 46.6 Å². The van der Waals surface area contributed by atoms with E-state index < -0.39 is 0 Å². The van der Waals surface area contributed by atoms with Gasteiger partial charge in [0.2, 0.25) is 0 Å². The Morgan fingerprint density at radius 1 is 1.19 bits per heavy atom. The molecule has 2 aliphatic rings. The van der Waals surface area contributed by atoms with Gasteiger partial charge in [-0.1, -0.05) is 28.9 Å². The summed E-state index contributed by atoms with van der Waals surface area (Å²) in [4.78, 5) is 20.3. The Balaban J connectivity index is 1.67. The molecule has 1 fully saturated rings. The number of anilines is 1. The van der Waals surface area contributed by atoms with Gasteiger partial charge >= 0.3 is 0 Å². The molecule has 0 saturated carbocycles. The zero-order valence-electron chi connectivity index (χ0n) is 19.1. The molecule has 32 heavy (non-hydrogen) atoms. The lowest BCUT2D eigenvalue weighted by molar-refractivity contribution is -0.115. The van der Waals surface area contributed by atoms with Gasteiger partial charge in [0.05, 0.1) is 16.1 Å². The summed E-state index contributed by atoms with van der Waals surface area (Å²) in [6.45, 7) is 12.1. The second-order valence-corrected chi connectivity index (χ2v) is 10.8. The molecule has 0 radical (unpaired) electrons. The van der Waals surface area contributed by atoms with E-state index in [9.17, 15) is 4.79 Å². The normalized spacial score (nSPS) is 19.9. The smallest absolute Gasteiger partial charge is 0.264 e. The van der Waals surface area contributed by atoms with E-state index >= 15 is 0 Å². The third-order valence-corrected chi connectivity index (χ3v) is 7.25. The highest BCUT2D eigenvalue weighted by atomic mass is 79.9. The van der Waals surface area contributed by atoms with Crippen LogP contribution in [0.5, 0.6) is 0 Å². The largest absolute Gasteiger partial charge is 0.362 e. The van der Waals surface area contributed by atoms with Crippen molar-refractivity contribution >= 4 is 61.8 Å². The molecule has 0 unspecified atom stereocenters. The van der Waals surface area contributed by atoms with Crippen LogP contribution < -0.4 is 10.2 Å². The first-order valence-electron chi connectivity index (χ1n) is 10.8. The second kappa shape index (κ2) is 8.91. The number of nitrogens with zero attached hydrogens (tertiary/aromatic N) is 2. The monoisotopic (exact) mass is 509 g/mol. The molecule has 0 aliphatic carbocycles. The molecule has 2 aromatic carbocycles. The molecule has 0 spiro atoms. The van der Waals surface area contributed by atoms with Crippen LogP contribution in [0.4, 0.5) is 11.4 Å². The number of hydrogen-bond donors (Lipinski definition) is 1. The lowest BCUT2D eigenvalue weighted by atomic mass is 9.86. The van der Waals surface area contributed by atoms with Gasteiger partial charge in [-0.05, 0) is 105 Å². The second-order valence-electron chi connectivity index (χ2n) is 8.82. The Hall–Kier alpha value is -2.31. The first kappa shape index (κ1) is 22.9. The number of benzene rings is 2. The van der Waals surface area contributed by atoms with Crippen LogP contribution in [0, 0.1) is 6.92 Å². The summed E-state index contributed by atoms with van der Waals surface area (Å²) in [6, 6.07) is 12.2. The van der Waals surface area contributed by atoms with Crippen molar-refractivity contribution < 1.29 is 4.79 Å². The van der Waals surface area contributed by atoms with E-state index in [0.717, 1.165) is 34.3 Å². The molecule has 6 heteroatoms. The molecule has 0 bridgehead atoms.